The molecule has 2 nitrogen and oxygen atoms in total. The van der Waals surface area contributed by atoms with Gasteiger partial charge in [0, 0.05) is 15.9 Å². The quantitative estimate of drug-likeness (QED) is 0.895. The van der Waals surface area contributed by atoms with Crippen LogP contribution < -0.4 is 5.32 Å². The molecule has 0 radical (unpaired) electrons. The maximum absolute atomic E-state index is 5.91. The van der Waals surface area contributed by atoms with Gasteiger partial charge in [0.25, 0.3) is 0 Å². The van der Waals surface area contributed by atoms with Crippen LogP contribution in [0.4, 0.5) is 0 Å². The molecular weight excluding hydrogens is 264 g/mol. The number of benzene rings is 1. The van der Waals surface area contributed by atoms with Gasteiger partial charge in [0.1, 0.15) is 0 Å². The number of aromatic nitrogens is 1. The average molecular weight is 281 g/mol. The molecule has 2 rings (SSSR count). The summed E-state index contributed by atoms with van der Waals surface area (Å²) in [6.45, 7) is 5.15. The van der Waals surface area contributed by atoms with Crippen LogP contribution in [0.1, 0.15) is 29.1 Å². The molecule has 0 spiro atoms. The first-order valence-corrected chi connectivity index (χ1v) is 7.34. The van der Waals surface area contributed by atoms with Gasteiger partial charge in [-0.3, -0.25) is 0 Å². The number of nitrogens with zero attached hydrogens (tertiary/aromatic N) is 1. The lowest BCUT2D eigenvalue weighted by Gasteiger charge is -2.17. The molecule has 1 unspecified atom stereocenters. The Morgan fingerprint density at radius 3 is 2.61 bits per heavy atom. The van der Waals surface area contributed by atoms with Crippen molar-refractivity contribution in [3.63, 3.8) is 0 Å². The number of halogens is 1. The van der Waals surface area contributed by atoms with Crippen molar-refractivity contribution in [2.45, 2.75) is 26.3 Å². The summed E-state index contributed by atoms with van der Waals surface area (Å²) >= 11 is 7.63. The smallest absolute Gasteiger partial charge is 0.0798 e. The van der Waals surface area contributed by atoms with Crippen molar-refractivity contribution in [2.24, 2.45) is 0 Å². The molecule has 96 valence electrons. The fourth-order valence-corrected chi connectivity index (χ4v) is 3.01. The van der Waals surface area contributed by atoms with Crippen LogP contribution in [0.25, 0.3) is 0 Å². The van der Waals surface area contributed by atoms with Gasteiger partial charge in [0.05, 0.1) is 11.2 Å². The number of aryl methyl sites for hydroxylation is 1. The minimum absolute atomic E-state index is 0.337. The zero-order valence-electron chi connectivity index (χ0n) is 10.6. The molecule has 4 heteroatoms. The first kappa shape index (κ1) is 13.5. The molecule has 0 saturated carbocycles. The molecule has 0 aliphatic carbocycles. The van der Waals surface area contributed by atoms with E-state index in [-0.39, 0.29) is 0 Å². The fourth-order valence-electron chi connectivity index (χ4n) is 2.01. The summed E-state index contributed by atoms with van der Waals surface area (Å²) < 4.78 is 0. The van der Waals surface area contributed by atoms with Crippen molar-refractivity contribution in [1.82, 2.24) is 10.3 Å². The Bertz CT molecular complexity index is 493. The second kappa shape index (κ2) is 6.32. The van der Waals surface area contributed by atoms with E-state index in [0.717, 1.165) is 23.7 Å². The average Bonchev–Trinajstić information content (AvgIpc) is 2.78. The maximum Gasteiger partial charge on any atom is 0.0798 e. The Morgan fingerprint density at radius 2 is 2.06 bits per heavy atom. The van der Waals surface area contributed by atoms with Crippen LogP contribution in [-0.4, -0.2) is 11.5 Å². The minimum Gasteiger partial charge on any atom is -0.309 e. The van der Waals surface area contributed by atoms with Crippen molar-refractivity contribution < 1.29 is 0 Å². The lowest BCUT2D eigenvalue weighted by Crippen LogP contribution is -2.22. The normalized spacial score (nSPS) is 12.6. The van der Waals surface area contributed by atoms with E-state index in [9.17, 15) is 0 Å². The number of hydrogen-bond donors (Lipinski definition) is 1. The van der Waals surface area contributed by atoms with Gasteiger partial charge in [0.15, 0.2) is 0 Å². The highest BCUT2D eigenvalue weighted by atomic mass is 35.5. The molecule has 0 fully saturated rings. The predicted molar refractivity (Wildman–Crippen MR) is 78.4 cm³/mol. The third kappa shape index (κ3) is 3.31. The first-order chi connectivity index (χ1) is 8.70. The second-order valence-corrected chi connectivity index (χ2v) is 5.57. The number of nitrogens with one attached hydrogen (secondary N) is 1. The summed E-state index contributed by atoms with van der Waals surface area (Å²) in [5, 5.41) is 4.31. The van der Waals surface area contributed by atoms with Crippen LogP contribution in [0.15, 0.2) is 29.8 Å². The highest BCUT2D eigenvalue weighted by Crippen LogP contribution is 2.25. The molecule has 1 N–H and O–H groups in total. The van der Waals surface area contributed by atoms with Crippen molar-refractivity contribution in [2.75, 3.05) is 6.54 Å². The Morgan fingerprint density at radius 1 is 1.33 bits per heavy atom. The van der Waals surface area contributed by atoms with Crippen molar-refractivity contribution >= 4 is 22.9 Å². The Hall–Kier alpha value is -0.900. The van der Waals surface area contributed by atoms with Crippen LogP contribution in [-0.2, 0) is 6.42 Å². The van der Waals surface area contributed by atoms with Crippen molar-refractivity contribution in [3.05, 3.63) is 50.9 Å². The molecule has 0 bridgehead atoms. The SMILES string of the molecule is CCNC(Cc1ccc(Cl)cc1)c1scnc1C. The van der Waals surface area contributed by atoms with Crippen LogP contribution in [0.2, 0.25) is 5.02 Å². The fraction of sp³-hybridized carbons (Fsp3) is 0.357. The molecule has 1 atom stereocenters. The van der Waals surface area contributed by atoms with Crippen LogP contribution in [0.3, 0.4) is 0 Å². The van der Waals surface area contributed by atoms with E-state index < -0.39 is 0 Å². The first-order valence-electron chi connectivity index (χ1n) is 6.08. The lowest BCUT2D eigenvalue weighted by molar-refractivity contribution is 0.555. The third-order valence-corrected chi connectivity index (χ3v) is 4.20. The molecule has 0 aliphatic heterocycles. The maximum atomic E-state index is 5.91. The highest BCUT2D eigenvalue weighted by molar-refractivity contribution is 7.09. The zero-order valence-corrected chi connectivity index (χ0v) is 12.2. The molecule has 0 amide bonds. The van der Waals surface area contributed by atoms with Gasteiger partial charge in [-0.15, -0.1) is 11.3 Å². The minimum atomic E-state index is 0.337. The summed E-state index contributed by atoms with van der Waals surface area (Å²) in [7, 11) is 0. The molecule has 1 heterocycles. The van der Waals surface area contributed by atoms with Gasteiger partial charge >= 0.3 is 0 Å². The Balaban J connectivity index is 2.16. The predicted octanol–water partition coefficient (Wildman–Crippen LogP) is 4.00. The number of likely N-dealkylation sites (N-methyl/N-ethyl adjacent to an activating group) is 1. The van der Waals surface area contributed by atoms with Gasteiger partial charge in [-0.25, -0.2) is 4.98 Å². The molecule has 1 aromatic carbocycles. The largest absolute Gasteiger partial charge is 0.309 e. The monoisotopic (exact) mass is 280 g/mol. The number of hydrogen-bond acceptors (Lipinski definition) is 3. The molecular formula is C14H17ClN2S. The van der Waals surface area contributed by atoms with E-state index in [4.69, 9.17) is 11.6 Å². The highest BCUT2D eigenvalue weighted by Gasteiger charge is 2.15. The van der Waals surface area contributed by atoms with Gasteiger partial charge in [-0.05, 0) is 37.6 Å². The summed E-state index contributed by atoms with van der Waals surface area (Å²) in [6, 6.07) is 8.40. The molecule has 1 aromatic heterocycles. The summed E-state index contributed by atoms with van der Waals surface area (Å²) in [4.78, 5) is 5.66. The molecule has 0 saturated heterocycles. The van der Waals surface area contributed by atoms with E-state index in [2.05, 4.69) is 36.3 Å². The second-order valence-electron chi connectivity index (χ2n) is 4.24. The Labute approximate surface area is 117 Å². The van der Waals surface area contributed by atoms with Gasteiger partial charge < -0.3 is 5.32 Å². The third-order valence-electron chi connectivity index (χ3n) is 2.90. The zero-order chi connectivity index (χ0) is 13.0. The van der Waals surface area contributed by atoms with E-state index in [1.54, 1.807) is 11.3 Å². The summed E-state index contributed by atoms with van der Waals surface area (Å²) in [5.74, 6) is 0. The topological polar surface area (TPSA) is 24.9 Å². The molecule has 2 aromatic rings. The number of rotatable bonds is 5. The van der Waals surface area contributed by atoms with Crippen LogP contribution in [0, 0.1) is 6.92 Å². The van der Waals surface area contributed by atoms with Crippen molar-refractivity contribution in [1.29, 1.82) is 0 Å². The molecule has 18 heavy (non-hydrogen) atoms. The van der Waals surface area contributed by atoms with Gasteiger partial charge in [0.2, 0.25) is 0 Å². The van der Waals surface area contributed by atoms with Crippen molar-refractivity contribution in [3.8, 4) is 0 Å². The van der Waals surface area contributed by atoms with E-state index in [1.165, 1.54) is 10.4 Å². The van der Waals surface area contributed by atoms with E-state index in [1.807, 2.05) is 17.6 Å². The summed E-state index contributed by atoms with van der Waals surface area (Å²) in [5.41, 5.74) is 4.33. The van der Waals surface area contributed by atoms with Gasteiger partial charge in [-0.1, -0.05) is 30.7 Å². The van der Waals surface area contributed by atoms with Crippen LogP contribution in [0.5, 0.6) is 0 Å². The standard InChI is InChI=1S/C14H17ClN2S/c1-3-16-13(14-10(2)17-9-18-14)8-11-4-6-12(15)7-5-11/h4-7,9,13,16H,3,8H2,1-2H3. The molecule has 0 aliphatic rings. The Kier molecular flexibility index (Phi) is 4.75. The summed E-state index contributed by atoms with van der Waals surface area (Å²) in [6.07, 6.45) is 0.966. The number of thiazole rings is 1. The lowest BCUT2D eigenvalue weighted by atomic mass is 10.0. The van der Waals surface area contributed by atoms with E-state index in [0.29, 0.717) is 6.04 Å². The van der Waals surface area contributed by atoms with E-state index >= 15 is 0 Å². The van der Waals surface area contributed by atoms with Gasteiger partial charge in [-0.2, -0.15) is 0 Å². The van der Waals surface area contributed by atoms with Crippen LogP contribution >= 0.6 is 22.9 Å².